The zero-order valence-electron chi connectivity index (χ0n) is 15.2. The van der Waals surface area contributed by atoms with E-state index in [1.807, 2.05) is 0 Å². The fourth-order valence-electron chi connectivity index (χ4n) is 2.29. The largest absolute Gasteiger partial charge is 0.398 e. The number of nitrogen functional groups attached to an aromatic ring is 1. The molecule has 1 aromatic rings. The molecule has 16 heteroatoms. The number of nitrogens with one attached hydrogen (secondary N) is 2. The minimum absolute atomic E-state index is 0.111. The summed E-state index contributed by atoms with van der Waals surface area (Å²) in [6.45, 7) is 1.51. The quantitative estimate of drug-likeness (QED) is 0.108. The van der Waals surface area contributed by atoms with Crippen molar-refractivity contribution in [3.63, 3.8) is 0 Å². The van der Waals surface area contributed by atoms with Gasteiger partial charge in [-0.3, -0.25) is 18.9 Å². The lowest BCUT2D eigenvalue weighted by molar-refractivity contribution is -0.141. The number of hydrogen-bond donors (Lipinski definition) is 4. The van der Waals surface area contributed by atoms with Crippen LogP contribution in [0.2, 0.25) is 0 Å². The van der Waals surface area contributed by atoms with E-state index in [-0.39, 0.29) is 39.0 Å². The minimum Gasteiger partial charge on any atom is -0.398 e. The molecule has 13 nitrogen and oxygen atoms in total. The molecule has 3 amide bonds. The number of aromatic nitrogens is 1. The van der Waals surface area contributed by atoms with E-state index in [9.17, 15) is 27.4 Å². The van der Waals surface area contributed by atoms with Gasteiger partial charge in [0.05, 0.1) is 0 Å². The molecule has 2 heterocycles. The summed E-state index contributed by atoms with van der Waals surface area (Å²) < 4.78 is 32.5. The molecule has 1 aliphatic heterocycles. The van der Waals surface area contributed by atoms with Gasteiger partial charge in [-0.1, -0.05) is 5.16 Å². The van der Waals surface area contributed by atoms with Crippen LogP contribution in [0.25, 0.3) is 0 Å². The molecule has 0 spiro atoms. The molecule has 29 heavy (non-hydrogen) atoms. The smallest absolute Gasteiger partial charge is 0.363 e. The SMILES string of the molecule is CON=C(C(=O)N[C@@H]1C(=O)N(S(=O)(=O)O)[C@@H]1SCCNC(C)=O)c1csc(N)n1. The van der Waals surface area contributed by atoms with Gasteiger partial charge in [0.25, 0.3) is 11.8 Å². The first-order valence-electron chi connectivity index (χ1n) is 7.86. The molecule has 2 atom stereocenters. The van der Waals surface area contributed by atoms with E-state index in [2.05, 4.69) is 25.6 Å². The van der Waals surface area contributed by atoms with Crippen LogP contribution in [-0.2, 0) is 29.5 Å². The fourth-order valence-corrected chi connectivity index (χ4v) is 5.15. The first-order chi connectivity index (χ1) is 13.6. The third kappa shape index (κ3) is 5.55. The standard InChI is InChI=1S/C13H18N6O7S3/c1-6(20)15-3-4-27-12-9(11(22)19(12)29(23,24)25)17-10(21)8(18-26-2)7-5-28-13(14)16-7/h5,9,12H,3-4H2,1-2H3,(H2,14,16)(H,15,20)(H,17,21)(H,23,24,25)/t9-,12-/m1/s1. The second-order valence-corrected chi connectivity index (χ2v) is 8.90. The molecule has 0 bridgehead atoms. The number of oxime groups is 1. The summed E-state index contributed by atoms with van der Waals surface area (Å²) in [4.78, 5) is 44.2. The average Bonchev–Trinajstić information content (AvgIpc) is 3.04. The minimum atomic E-state index is -4.82. The number of anilines is 1. The Morgan fingerprint density at radius 1 is 1.52 bits per heavy atom. The molecule has 2 rings (SSSR count). The van der Waals surface area contributed by atoms with Gasteiger partial charge in [-0.05, 0) is 0 Å². The monoisotopic (exact) mass is 466 g/mol. The van der Waals surface area contributed by atoms with Gasteiger partial charge < -0.3 is 21.2 Å². The van der Waals surface area contributed by atoms with E-state index in [4.69, 9.17) is 5.73 Å². The lowest BCUT2D eigenvalue weighted by Gasteiger charge is -2.43. The highest BCUT2D eigenvalue weighted by atomic mass is 32.2. The van der Waals surface area contributed by atoms with Crippen molar-refractivity contribution < 1.29 is 32.2 Å². The number of hydrogen-bond acceptors (Lipinski definition) is 11. The van der Waals surface area contributed by atoms with E-state index >= 15 is 0 Å². The Morgan fingerprint density at radius 3 is 2.72 bits per heavy atom. The van der Waals surface area contributed by atoms with E-state index < -0.39 is 33.5 Å². The van der Waals surface area contributed by atoms with Crippen LogP contribution in [-0.4, -0.2) is 76.5 Å². The van der Waals surface area contributed by atoms with Crippen LogP contribution in [0, 0.1) is 0 Å². The van der Waals surface area contributed by atoms with Gasteiger partial charge in [-0.2, -0.15) is 12.7 Å². The van der Waals surface area contributed by atoms with Gasteiger partial charge >= 0.3 is 10.3 Å². The van der Waals surface area contributed by atoms with Crippen LogP contribution in [0.1, 0.15) is 12.6 Å². The van der Waals surface area contributed by atoms with Crippen LogP contribution in [0.4, 0.5) is 5.13 Å². The highest BCUT2D eigenvalue weighted by Gasteiger charge is 2.54. The zero-order valence-corrected chi connectivity index (χ0v) is 17.6. The molecule has 0 unspecified atom stereocenters. The molecule has 1 fully saturated rings. The number of nitrogens with two attached hydrogens (primary N) is 1. The summed E-state index contributed by atoms with van der Waals surface area (Å²) in [5.41, 5.74) is 5.39. The highest BCUT2D eigenvalue weighted by Crippen LogP contribution is 2.32. The van der Waals surface area contributed by atoms with Crippen molar-refractivity contribution in [2.75, 3.05) is 25.1 Å². The van der Waals surface area contributed by atoms with Crippen molar-refractivity contribution in [3.05, 3.63) is 11.1 Å². The Labute approximate surface area is 173 Å². The van der Waals surface area contributed by atoms with Gasteiger partial charge in [0, 0.05) is 24.6 Å². The molecular formula is C13H18N6O7S3. The number of amides is 3. The Balaban J connectivity index is 2.14. The Hall–Kier alpha value is -2.43. The molecule has 0 aromatic carbocycles. The van der Waals surface area contributed by atoms with E-state index in [0.717, 1.165) is 23.1 Å². The van der Waals surface area contributed by atoms with E-state index in [1.54, 1.807) is 0 Å². The Bertz CT molecular complexity index is 931. The summed E-state index contributed by atoms with van der Waals surface area (Å²) in [5, 5.41) is 8.98. The first-order valence-corrected chi connectivity index (χ1v) is 11.2. The summed E-state index contributed by atoms with van der Waals surface area (Å²) in [6, 6.07) is -1.26. The van der Waals surface area contributed by atoms with Crippen LogP contribution in [0.5, 0.6) is 0 Å². The number of thiazole rings is 1. The average molecular weight is 467 g/mol. The van der Waals surface area contributed by atoms with Gasteiger partial charge in [-0.15, -0.1) is 23.1 Å². The molecule has 1 saturated heterocycles. The highest BCUT2D eigenvalue weighted by molar-refractivity contribution is 8.00. The maximum Gasteiger partial charge on any atom is 0.363 e. The van der Waals surface area contributed by atoms with Crippen molar-refractivity contribution in [3.8, 4) is 0 Å². The maximum absolute atomic E-state index is 12.6. The Morgan fingerprint density at radius 2 is 2.21 bits per heavy atom. The van der Waals surface area contributed by atoms with Gasteiger partial charge in [0.1, 0.15) is 24.2 Å². The molecule has 160 valence electrons. The number of carbonyl (C=O) groups excluding carboxylic acids is 3. The third-order valence-electron chi connectivity index (χ3n) is 3.46. The second-order valence-electron chi connectivity index (χ2n) is 5.50. The van der Waals surface area contributed by atoms with Crippen molar-refractivity contribution in [1.29, 1.82) is 0 Å². The van der Waals surface area contributed by atoms with Crippen LogP contribution >= 0.6 is 23.1 Å². The van der Waals surface area contributed by atoms with E-state index in [0.29, 0.717) is 0 Å². The lowest BCUT2D eigenvalue weighted by Crippen LogP contribution is -2.71. The van der Waals surface area contributed by atoms with Crippen molar-refractivity contribution >= 4 is 62.0 Å². The topological polar surface area (TPSA) is 193 Å². The van der Waals surface area contributed by atoms with Gasteiger partial charge in [0.15, 0.2) is 10.8 Å². The molecule has 0 radical (unpaired) electrons. The second kappa shape index (κ2) is 9.38. The number of β-lactam (4-membered cyclic amide) rings is 1. The van der Waals surface area contributed by atoms with Crippen LogP contribution < -0.4 is 16.4 Å². The molecule has 1 aliphatic rings. The van der Waals surface area contributed by atoms with Crippen molar-refractivity contribution in [2.45, 2.75) is 18.3 Å². The number of thioether (sulfide) groups is 1. The van der Waals surface area contributed by atoms with Crippen molar-refractivity contribution in [2.24, 2.45) is 5.16 Å². The Kier molecular flexibility index (Phi) is 7.39. The predicted molar refractivity (Wildman–Crippen MR) is 105 cm³/mol. The fraction of sp³-hybridized carbons (Fsp3) is 0.462. The summed E-state index contributed by atoms with van der Waals surface area (Å²) in [7, 11) is -3.62. The molecule has 5 N–H and O–H groups in total. The number of carbonyl (C=O) groups is 3. The third-order valence-corrected chi connectivity index (χ3v) is 6.44. The van der Waals surface area contributed by atoms with Gasteiger partial charge in [0.2, 0.25) is 5.91 Å². The van der Waals surface area contributed by atoms with Crippen LogP contribution in [0.3, 0.4) is 0 Å². The molecule has 0 aliphatic carbocycles. The summed E-state index contributed by atoms with van der Waals surface area (Å²) in [6.07, 6.45) is 0. The van der Waals surface area contributed by atoms with E-state index in [1.165, 1.54) is 19.4 Å². The number of rotatable bonds is 9. The summed E-state index contributed by atoms with van der Waals surface area (Å²) in [5.74, 6) is -1.93. The predicted octanol–water partition coefficient (Wildman–Crippen LogP) is -1.60. The number of nitrogens with zero attached hydrogens (tertiary/aromatic N) is 3. The normalized spacial score (nSPS) is 19.5. The molecule has 0 saturated carbocycles. The maximum atomic E-state index is 12.6. The first kappa shape index (κ1) is 22.9. The molecule has 1 aromatic heterocycles. The van der Waals surface area contributed by atoms with Crippen molar-refractivity contribution in [1.82, 2.24) is 19.9 Å². The molecular weight excluding hydrogens is 448 g/mol. The summed E-state index contributed by atoms with van der Waals surface area (Å²) >= 11 is 2.01. The van der Waals surface area contributed by atoms with Crippen LogP contribution in [0.15, 0.2) is 10.5 Å². The zero-order chi connectivity index (χ0) is 21.8. The lowest BCUT2D eigenvalue weighted by atomic mass is 10.1. The van der Waals surface area contributed by atoms with Gasteiger partial charge in [-0.25, -0.2) is 4.98 Å².